The van der Waals surface area contributed by atoms with Gasteiger partial charge in [0.2, 0.25) is 11.8 Å². The van der Waals surface area contributed by atoms with Crippen molar-refractivity contribution in [2.24, 2.45) is 5.41 Å². The predicted octanol–water partition coefficient (Wildman–Crippen LogP) is 1.25. The van der Waals surface area contributed by atoms with Crippen molar-refractivity contribution in [3.8, 4) is 0 Å². The van der Waals surface area contributed by atoms with Crippen molar-refractivity contribution in [3.63, 3.8) is 0 Å². The number of carbonyl (C=O) groups is 2. The van der Waals surface area contributed by atoms with Crippen molar-refractivity contribution in [1.29, 1.82) is 0 Å². The lowest BCUT2D eigenvalue weighted by molar-refractivity contribution is -0.148. The zero-order chi connectivity index (χ0) is 15.7. The normalized spacial score (nSPS) is 20.1. The van der Waals surface area contributed by atoms with Gasteiger partial charge < -0.3 is 14.9 Å². The molecule has 1 heterocycles. The van der Waals surface area contributed by atoms with E-state index in [9.17, 15) is 14.7 Å². The minimum Gasteiger partial charge on any atom is -0.389 e. The molecule has 5 nitrogen and oxygen atoms in total. The van der Waals surface area contributed by atoms with Crippen LogP contribution in [0.3, 0.4) is 0 Å². The van der Waals surface area contributed by atoms with Gasteiger partial charge in [-0.15, -0.1) is 0 Å². The zero-order valence-electron chi connectivity index (χ0n) is 13.6. The minimum absolute atomic E-state index is 0.0185. The maximum Gasteiger partial charge on any atom is 0.245 e. The highest BCUT2D eigenvalue weighted by molar-refractivity contribution is 5.90. The third-order valence-electron chi connectivity index (χ3n) is 3.44. The predicted molar refractivity (Wildman–Crippen MR) is 78.1 cm³/mol. The molecule has 0 aromatic heterocycles. The molecular formula is C15H28N2O3. The molecule has 5 heteroatoms. The van der Waals surface area contributed by atoms with Crippen LogP contribution in [-0.4, -0.2) is 58.5 Å². The second-order valence-electron chi connectivity index (χ2n) is 7.41. The van der Waals surface area contributed by atoms with Gasteiger partial charge in [0.25, 0.3) is 0 Å². The van der Waals surface area contributed by atoms with Crippen molar-refractivity contribution < 1.29 is 14.7 Å². The van der Waals surface area contributed by atoms with Crippen LogP contribution < -0.4 is 0 Å². The smallest absolute Gasteiger partial charge is 0.245 e. The fourth-order valence-corrected chi connectivity index (χ4v) is 2.61. The Labute approximate surface area is 121 Å². The molecule has 1 saturated heterocycles. The Balaban J connectivity index is 2.79. The van der Waals surface area contributed by atoms with Gasteiger partial charge in [0.1, 0.15) is 6.04 Å². The van der Waals surface area contributed by atoms with Crippen molar-refractivity contribution in [1.82, 2.24) is 9.80 Å². The Hall–Kier alpha value is -1.10. The Kier molecular flexibility index (Phi) is 4.85. The van der Waals surface area contributed by atoms with Crippen LogP contribution in [0.15, 0.2) is 0 Å². The highest BCUT2D eigenvalue weighted by atomic mass is 16.3. The van der Waals surface area contributed by atoms with E-state index >= 15 is 0 Å². The SMILES string of the molecule is CN(CC(C)(C)O)C(=O)C1CCCN1C(=O)C(C)(C)C. The summed E-state index contributed by atoms with van der Waals surface area (Å²) in [6, 6.07) is -0.380. The van der Waals surface area contributed by atoms with Crippen molar-refractivity contribution >= 4 is 11.8 Å². The molecule has 0 saturated carbocycles. The quantitative estimate of drug-likeness (QED) is 0.848. The lowest BCUT2D eigenvalue weighted by Gasteiger charge is -2.34. The van der Waals surface area contributed by atoms with Crippen molar-refractivity contribution in [2.45, 2.75) is 59.1 Å². The molecule has 1 atom stereocenters. The van der Waals surface area contributed by atoms with Gasteiger partial charge in [-0.1, -0.05) is 20.8 Å². The molecule has 0 radical (unpaired) electrons. The zero-order valence-corrected chi connectivity index (χ0v) is 13.6. The average Bonchev–Trinajstić information content (AvgIpc) is 2.71. The Bertz CT molecular complexity index is 380. The van der Waals surface area contributed by atoms with Gasteiger partial charge in [-0.25, -0.2) is 0 Å². The molecule has 116 valence electrons. The van der Waals surface area contributed by atoms with Crippen LogP contribution in [0.5, 0.6) is 0 Å². The third kappa shape index (κ3) is 4.20. The topological polar surface area (TPSA) is 60.9 Å². The summed E-state index contributed by atoms with van der Waals surface area (Å²) >= 11 is 0. The Morgan fingerprint density at radius 1 is 1.25 bits per heavy atom. The molecule has 20 heavy (non-hydrogen) atoms. The van der Waals surface area contributed by atoms with Crippen LogP contribution in [0.2, 0.25) is 0 Å². The summed E-state index contributed by atoms with van der Waals surface area (Å²) in [5.41, 5.74) is -1.40. The van der Waals surface area contributed by atoms with Gasteiger partial charge >= 0.3 is 0 Å². The fraction of sp³-hybridized carbons (Fsp3) is 0.867. The number of nitrogens with zero attached hydrogens (tertiary/aromatic N) is 2. The highest BCUT2D eigenvalue weighted by Gasteiger charge is 2.40. The molecule has 0 spiro atoms. The summed E-state index contributed by atoms with van der Waals surface area (Å²) in [5, 5.41) is 9.81. The first kappa shape index (κ1) is 17.0. The van der Waals surface area contributed by atoms with Crippen LogP contribution in [0.25, 0.3) is 0 Å². The van der Waals surface area contributed by atoms with Crippen LogP contribution in [-0.2, 0) is 9.59 Å². The van der Waals surface area contributed by atoms with Gasteiger partial charge in [-0.2, -0.15) is 0 Å². The van der Waals surface area contributed by atoms with E-state index in [-0.39, 0.29) is 24.4 Å². The van der Waals surface area contributed by atoms with Gasteiger partial charge in [-0.3, -0.25) is 9.59 Å². The number of amides is 2. The molecule has 0 aromatic rings. The highest BCUT2D eigenvalue weighted by Crippen LogP contribution is 2.26. The summed E-state index contributed by atoms with van der Waals surface area (Å²) < 4.78 is 0. The van der Waals surface area contributed by atoms with E-state index < -0.39 is 11.0 Å². The van der Waals surface area contributed by atoms with Crippen LogP contribution in [0, 0.1) is 5.41 Å². The largest absolute Gasteiger partial charge is 0.389 e. The number of likely N-dealkylation sites (tertiary alicyclic amines) is 1. The van der Waals surface area contributed by atoms with Gasteiger partial charge in [-0.05, 0) is 26.7 Å². The molecule has 1 aliphatic rings. The molecular weight excluding hydrogens is 256 g/mol. The number of hydrogen-bond donors (Lipinski definition) is 1. The number of aliphatic hydroxyl groups is 1. The molecule has 1 aliphatic heterocycles. The Morgan fingerprint density at radius 3 is 2.25 bits per heavy atom. The van der Waals surface area contributed by atoms with Gasteiger partial charge in [0.05, 0.1) is 5.60 Å². The van der Waals surface area contributed by atoms with E-state index in [0.29, 0.717) is 13.0 Å². The van der Waals surface area contributed by atoms with Crippen LogP contribution in [0.1, 0.15) is 47.5 Å². The van der Waals surface area contributed by atoms with E-state index in [2.05, 4.69) is 0 Å². The summed E-state index contributed by atoms with van der Waals surface area (Å²) in [6.45, 7) is 9.86. The molecule has 0 aliphatic carbocycles. The van der Waals surface area contributed by atoms with Crippen LogP contribution in [0.4, 0.5) is 0 Å². The molecule has 1 N–H and O–H groups in total. The maximum absolute atomic E-state index is 12.5. The summed E-state index contributed by atoms with van der Waals surface area (Å²) in [7, 11) is 1.68. The molecule has 1 unspecified atom stereocenters. The number of hydrogen-bond acceptors (Lipinski definition) is 3. The van der Waals surface area contributed by atoms with Gasteiger partial charge in [0.15, 0.2) is 0 Å². The van der Waals surface area contributed by atoms with E-state index in [0.717, 1.165) is 6.42 Å². The fourth-order valence-electron chi connectivity index (χ4n) is 2.61. The van der Waals surface area contributed by atoms with Crippen LogP contribution >= 0.6 is 0 Å². The van der Waals surface area contributed by atoms with E-state index in [4.69, 9.17) is 0 Å². The molecule has 2 amide bonds. The Morgan fingerprint density at radius 2 is 1.80 bits per heavy atom. The standard InChI is InChI=1S/C15H28N2O3/c1-14(2,3)13(19)17-9-7-8-11(17)12(18)16(6)10-15(4,5)20/h11,20H,7-10H2,1-6H3. The van der Waals surface area contributed by atoms with E-state index in [1.54, 1.807) is 25.8 Å². The second kappa shape index (κ2) is 5.72. The first-order chi connectivity index (χ1) is 8.93. The third-order valence-corrected chi connectivity index (χ3v) is 3.44. The molecule has 0 aromatic carbocycles. The summed E-state index contributed by atoms with van der Waals surface area (Å²) in [6.07, 6.45) is 1.56. The van der Waals surface area contributed by atoms with Gasteiger partial charge in [0, 0.05) is 25.6 Å². The lowest BCUT2D eigenvalue weighted by atomic mass is 9.94. The summed E-state index contributed by atoms with van der Waals surface area (Å²) in [5.74, 6) is -0.0627. The van der Waals surface area contributed by atoms with E-state index in [1.165, 1.54) is 4.90 Å². The average molecular weight is 284 g/mol. The number of likely N-dealkylation sites (N-methyl/N-ethyl adjacent to an activating group) is 1. The maximum atomic E-state index is 12.5. The lowest BCUT2D eigenvalue weighted by Crippen LogP contribution is -2.51. The monoisotopic (exact) mass is 284 g/mol. The first-order valence-corrected chi connectivity index (χ1v) is 7.22. The number of carbonyl (C=O) groups excluding carboxylic acids is 2. The summed E-state index contributed by atoms with van der Waals surface area (Å²) in [4.78, 5) is 28.1. The first-order valence-electron chi connectivity index (χ1n) is 7.22. The molecule has 0 bridgehead atoms. The second-order valence-corrected chi connectivity index (χ2v) is 7.41. The van der Waals surface area contributed by atoms with Crippen molar-refractivity contribution in [2.75, 3.05) is 20.1 Å². The van der Waals surface area contributed by atoms with Crippen molar-refractivity contribution in [3.05, 3.63) is 0 Å². The number of rotatable bonds is 3. The minimum atomic E-state index is -0.929. The molecule has 1 fully saturated rings. The van der Waals surface area contributed by atoms with E-state index in [1.807, 2.05) is 20.8 Å². The molecule has 1 rings (SSSR count).